The Labute approximate surface area is 144 Å². The molecule has 2 aliphatic rings. The van der Waals surface area contributed by atoms with Crippen molar-refractivity contribution in [1.29, 1.82) is 0 Å². The molecule has 1 aliphatic carbocycles. The summed E-state index contributed by atoms with van der Waals surface area (Å²) in [5.74, 6) is 8.37. The third-order valence-electron chi connectivity index (χ3n) is 5.03. The number of likely N-dealkylation sites (tertiary alicyclic amines) is 1. The van der Waals surface area contributed by atoms with Gasteiger partial charge in [0.05, 0.1) is 6.54 Å². The predicted octanol–water partition coefficient (Wildman–Crippen LogP) is 3.22. The standard InChI is InChI=1S/C18H25ClN4/c1-22(18-11-10-17(19)20-21-18)16-8-6-15(7-9-16)5-4-14-23-12-2-3-13-23/h10-11,15-16H,2-3,6-9,12-14H2,1H3. The van der Waals surface area contributed by atoms with Crippen molar-refractivity contribution in [3.05, 3.63) is 17.3 Å². The van der Waals surface area contributed by atoms with E-state index in [-0.39, 0.29) is 0 Å². The molecule has 0 atom stereocenters. The van der Waals surface area contributed by atoms with Crippen molar-refractivity contribution < 1.29 is 0 Å². The van der Waals surface area contributed by atoms with Crippen LogP contribution in [0.3, 0.4) is 0 Å². The minimum atomic E-state index is 0.444. The first-order chi connectivity index (χ1) is 11.2. The average molecular weight is 333 g/mol. The maximum absolute atomic E-state index is 5.81. The zero-order chi connectivity index (χ0) is 16.1. The van der Waals surface area contributed by atoms with Gasteiger partial charge in [-0.15, -0.1) is 10.2 Å². The van der Waals surface area contributed by atoms with Gasteiger partial charge < -0.3 is 4.90 Å². The largest absolute Gasteiger partial charge is 0.355 e. The molecule has 1 aliphatic heterocycles. The van der Waals surface area contributed by atoms with Crippen molar-refractivity contribution in [2.45, 2.75) is 44.6 Å². The molecule has 3 rings (SSSR count). The topological polar surface area (TPSA) is 32.3 Å². The van der Waals surface area contributed by atoms with E-state index in [9.17, 15) is 0 Å². The maximum Gasteiger partial charge on any atom is 0.151 e. The average Bonchev–Trinajstić information content (AvgIpc) is 3.09. The van der Waals surface area contributed by atoms with Crippen LogP contribution in [0.25, 0.3) is 0 Å². The molecule has 23 heavy (non-hydrogen) atoms. The molecular formula is C18H25ClN4. The predicted molar refractivity (Wildman–Crippen MR) is 94.6 cm³/mol. The van der Waals surface area contributed by atoms with Crippen molar-refractivity contribution in [2.75, 3.05) is 31.6 Å². The molecule has 0 bridgehead atoms. The summed E-state index contributed by atoms with van der Waals surface area (Å²) < 4.78 is 0. The van der Waals surface area contributed by atoms with Gasteiger partial charge in [-0.3, -0.25) is 4.90 Å². The summed E-state index contributed by atoms with van der Waals surface area (Å²) in [6, 6.07) is 4.27. The van der Waals surface area contributed by atoms with Crippen LogP contribution in [0.4, 0.5) is 5.82 Å². The molecule has 4 nitrogen and oxygen atoms in total. The SMILES string of the molecule is CN(c1ccc(Cl)nn1)C1CCC(C#CCN2CCCC2)CC1. The molecule has 2 fully saturated rings. The lowest BCUT2D eigenvalue weighted by Crippen LogP contribution is -2.35. The second-order valence-electron chi connectivity index (χ2n) is 6.63. The quantitative estimate of drug-likeness (QED) is 0.795. The van der Waals surface area contributed by atoms with Gasteiger partial charge in [-0.1, -0.05) is 23.4 Å². The van der Waals surface area contributed by atoms with E-state index >= 15 is 0 Å². The number of anilines is 1. The molecule has 0 N–H and O–H groups in total. The number of aromatic nitrogens is 2. The minimum absolute atomic E-state index is 0.444. The number of hydrogen-bond acceptors (Lipinski definition) is 4. The Hall–Kier alpha value is -1.31. The lowest BCUT2D eigenvalue weighted by molar-refractivity contribution is 0.369. The second kappa shape index (κ2) is 7.99. The van der Waals surface area contributed by atoms with Crippen molar-refractivity contribution in [3.8, 4) is 11.8 Å². The summed E-state index contributed by atoms with van der Waals surface area (Å²) in [6.07, 6.45) is 7.39. The van der Waals surface area contributed by atoms with Crippen molar-refractivity contribution in [2.24, 2.45) is 5.92 Å². The van der Waals surface area contributed by atoms with Gasteiger partial charge >= 0.3 is 0 Å². The van der Waals surface area contributed by atoms with Crippen LogP contribution < -0.4 is 4.90 Å². The number of rotatable bonds is 3. The molecular weight excluding hydrogens is 308 g/mol. The van der Waals surface area contributed by atoms with E-state index in [1.807, 2.05) is 6.07 Å². The number of hydrogen-bond donors (Lipinski definition) is 0. The summed E-state index contributed by atoms with van der Waals surface area (Å²) in [6.45, 7) is 3.42. The Balaban J connectivity index is 1.46. The summed E-state index contributed by atoms with van der Waals surface area (Å²) in [7, 11) is 2.10. The lowest BCUT2D eigenvalue weighted by atomic mass is 9.86. The molecule has 1 aromatic heterocycles. The highest BCUT2D eigenvalue weighted by molar-refractivity contribution is 6.29. The molecule has 0 aromatic carbocycles. The fourth-order valence-corrected chi connectivity index (χ4v) is 3.63. The first-order valence-electron chi connectivity index (χ1n) is 8.65. The highest BCUT2D eigenvalue weighted by Gasteiger charge is 2.24. The van der Waals surface area contributed by atoms with Gasteiger partial charge in [-0.2, -0.15) is 0 Å². The van der Waals surface area contributed by atoms with Gasteiger partial charge in [0, 0.05) is 19.0 Å². The van der Waals surface area contributed by atoms with Gasteiger partial charge in [-0.25, -0.2) is 0 Å². The van der Waals surface area contributed by atoms with Crippen LogP contribution in [0.15, 0.2) is 12.1 Å². The fraction of sp³-hybridized carbons (Fsp3) is 0.667. The molecule has 1 saturated carbocycles. The Morgan fingerprint density at radius 3 is 2.57 bits per heavy atom. The lowest BCUT2D eigenvalue weighted by Gasteiger charge is -2.33. The molecule has 124 valence electrons. The minimum Gasteiger partial charge on any atom is -0.355 e. The van der Waals surface area contributed by atoms with E-state index in [1.54, 1.807) is 6.07 Å². The summed E-state index contributed by atoms with van der Waals surface area (Å²) in [5, 5.41) is 8.56. The summed E-state index contributed by atoms with van der Waals surface area (Å²) >= 11 is 5.81. The Bertz CT molecular complexity index is 549. The third kappa shape index (κ3) is 4.59. The van der Waals surface area contributed by atoms with Crippen LogP contribution in [0, 0.1) is 17.8 Å². The van der Waals surface area contributed by atoms with E-state index in [0.29, 0.717) is 17.1 Å². The first-order valence-corrected chi connectivity index (χ1v) is 9.03. The summed E-state index contributed by atoms with van der Waals surface area (Å²) in [4.78, 5) is 4.70. The molecule has 0 amide bonds. The molecule has 1 aromatic rings. The molecule has 0 radical (unpaired) electrons. The fourth-order valence-electron chi connectivity index (χ4n) is 3.53. The molecule has 0 unspecified atom stereocenters. The smallest absolute Gasteiger partial charge is 0.151 e. The van der Waals surface area contributed by atoms with Crippen LogP contribution in [0.5, 0.6) is 0 Å². The van der Waals surface area contributed by atoms with Crippen LogP contribution in [-0.4, -0.2) is 47.8 Å². The first kappa shape index (κ1) is 16.5. The van der Waals surface area contributed by atoms with Crippen LogP contribution in [0.2, 0.25) is 5.15 Å². The zero-order valence-corrected chi connectivity index (χ0v) is 14.6. The third-order valence-corrected chi connectivity index (χ3v) is 5.23. The van der Waals surface area contributed by atoms with Gasteiger partial charge in [-0.05, 0) is 63.7 Å². The molecule has 0 spiro atoms. The molecule has 5 heteroatoms. The number of nitrogens with zero attached hydrogens (tertiary/aromatic N) is 4. The Morgan fingerprint density at radius 1 is 1.17 bits per heavy atom. The highest BCUT2D eigenvalue weighted by Crippen LogP contribution is 2.28. The van der Waals surface area contributed by atoms with E-state index in [0.717, 1.165) is 12.4 Å². The van der Waals surface area contributed by atoms with E-state index in [2.05, 4.69) is 38.9 Å². The van der Waals surface area contributed by atoms with Crippen molar-refractivity contribution in [3.63, 3.8) is 0 Å². The Kier molecular flexibility index (Phi) is 5.75. The van der Waals surface area contributed by atoms with Gasteiger partial charge in [0.25, 0.3) is 0 Å². The van der Waals surface area contributed by atoms with Crippen LogP contribution >= 0.6 is 11.6 Å². The van der Waals surface area contributed by atoms with E-state index in [4.69, 9.17) is 11.6 Å². The van der Waals surface area contributed by atoms with Gasteiger partial charge in [0.1, 0.15) is 0 Å². The normalized spacial score (nSPS) is 25.0. The Morgan fingerprint density at radius 2 is 1.91 bits per heavy atom. The van der Waals surface area contributed by atoms with Crippen LogP contribution in [-0.2, 0) is 0 Å². The van der Waals surface area contributed by atoms with Crippen molar-refractivity contribution >= 4 is 17.4 Å². The molecule has 1 saturated heterocycles. The summed E-state index contributed by atoms with van der Waals surface area (Å²) in [5.41, 5.74) is 0. The highest BCUT2D eigenvalue weighted by atomic mass is 35.5. The van der Waals surface area contributed by atoms with Crippen molar-refractivity contribution in [1.82, 2.24) is 15.1 Å². The van der Waals surface area contributed by atoms with E-state index in [1.165, 1.54) is 51.6 Å². The van der Waals surface area contributed by atoms with Gasteiger partial charge in [0.2, 0.25) is 0 Å². The van der Waals surface area contributed by atoms with Crippen LogP contribution in [0.1, 0.15) is 38.5 Å². The zero-order valence-electron chi connectivity index (χ0n) is 13.8. The van der Waals surface area contributed by atoms with E-state index < -0.39 is 0 Å². The monoisotopic (exact) mass is 332 g/mol. The second-order valence-corrected chi connectivity index (χ2v) is 7.02. The number of halogens is 1. The maximum atomic E-state index is 5.81. The molecule has 2 heterocycles. The van der Waals surface area contributed by atoms with Gasteiger partial charge in [0.15, 0.2) is 11.0 Å².